The van der Waals surface area contributed by atoms with E-state index in [0.717, 1.165) is 11.1 Å². The molecule has 0 radical (unpaired) electrons. The topological polar surface area (TPSA) is 77.4 Å². The molecular formula is C20H22O6. The second-order valence-corrected chi connectivity index (χ2v) is 6.50. The van der Waals surface area contributed by atoms with Gasteiger partial charge in [-0.1, -0.05) is 60.7 Å². The van der Waals surface area contributed by atoms with Gasteiger partial charge in [-0.2, -0.15) is 0 Å². The Morgan fingerprint density at radius 3 is 2.31 bits per heavy atom. The van der Waals surface area contributed by atoms with Crippen molar-refractivity contribution in [1.82, 2.24) is 0 Å². The molecule has 0 bridgehead atoms. The third-order valence-corrected chi connectivity index (χ3v) is 4.66. The minimum Gasteiger partial charge on any atom is -0.387 e. The first-order chi connectivity index (χ1) is 12.7. The summed E-state index contributed by atoms with van der Waals surface area (Å²) in [6, 6.07) is 19.1. The number of fused-ring (bicyclic) bond motifs is 1. The Balaban J connectivity index is 1.40. The Morgan fingerprint density at radius 1 is 0.885 bits per heavy atom. The molecule has 2 aromatic rings. The van der Waals surface area contributed by atoms with Gasteiger partial charge in [-0.3, -0.25) is 0 Å². The largest absolute Gasteiger partial charge is 0.387 e. The van der Waals surface area contributed by atoms with Gasteiger partial charge in [0.2, 0.25) is 0 Å². The minimum absolute atomic E-state index is 0.249. The molecule has 6 atom stereocenters. The summed E-state index contributed by atoms with van der Waals surface area (Å²) in [5.41, 5.74) is 1.82. The monoisotopic (exact) mass is 358 g/mol. The molecule has 4 rings (SSSR count). The number of hydrogen-bond acceptors (Lipinski definition) is 6. The highest BCUT2D eigenvalue weighted by Gasteiger charge is 2.49. The van der Waals surface area contributed by atoms with Crippen molar-refractivity contribution in [2.24, 2.45) is 0 Å². The van der Waals surface area contributed by atoms with Crippen molar-refractivity contribution in [2.45, 2.75) is 43.6 Å². The van der Waals surface area contributed by atoms with Crippen LogP contribution in [0.15, 0.2) is 60.7 Å². The van der Waals surface area contributed by atoms with Crippen molar-refractivity contribution in [1.29, 1.82) is 0 Å². The van der Waals surface area contributed by atoms with Crippen LogP contribution in [0.5, 0.6) is 0 Å². The van der Waals surface area contributed by atoms with Gasteiger partial charge in [0.1, 0.15) is 24.4 Å². The summed E-state index contributed by atoms with van der Waals surface area (Å²) in [5, 5.41) is 20.9. The summed E-state index contributed by atoms with van der Waals surface area (Å²) in [4.78, 5) is 0. The maximum absolute atomic E-state index is 10.5. The van der Waals surface area contributed by atoms with E-state index in [2.05, 4.69) is 0 Å². The van der Waals surface area contributed by atoms with Crippen LogP contribution in [0.3, 0.4) is 0 Å². The van der Waals surface area contributed by atoms with E-state index in [0.29, 0.717) is 0 Å². The fourth-order valence-electron chi connectivity index (χ4n) is 3.25. The summed E-state index contributed by atoms with van der Waals surface area (Å²) in [5.74, 6) is 0. The Kier molecular flexibility index (Phi) is 5.31. The summed E-state index contributed by atoms with van der Waals surface area (Å²) in [6.45, 7) is 0.528. The zero-order valence-corrected chi connectivity index (χ0v) is 14.2. The Bertz CT molecular complexity index is 692. The van der Waals surface area contributed by atoms with E-state index < -0.39 is 37.0 Å². The highest BCUT2D eigenvalue weighted by Crippen LogP contribution is 2.34. The maximum atomic E-state index is 10.5. The molecule has 2 fully saturated rings. The molecule has 2 heterocycles. The molecular weight excluding hydrogens is 336 g/mol. The van der Waals surface area contributed by atoms with Gasteiger partial charge in [0.15, 0.2) is 12.6 Å². The fraction of sp³-hybridized carbons (Fsp3) is 0.400. The Morgan fingerprint density at radius 2 is 1.58 bits per heavy atom. The van der Waals surface area contributed by atoms with Crippen LogP contribution < -0.4 is 0 Å². The SMILES string of the molecule is O[C@@H]1[C@@H](OCc2ccccc2)O[C@H]2COC(c3ccccc3)O[C@H]2[C@@H]1O. The number of aliphatic hydroxyl groups excluding tert-OH is 2. The van der Waals surface area contributed by atoms with Crippen molar-refractivity contribution < 1.29 is 29.2 Å². The molecule has 138 valence electrons. The third kappa shape index (κ3) is 3.66. The van der Waals surface area contributed by atoms with Crippen LogP contribution >= 0.6 is 0 Å². The van der Waals surface area contributed by atoms with Gasteiger partial charge < -0.3 is 29.2 Å². The van der Waals surface area contributed by atoms with Crippen LogP contribution in [0.1, 0.15) is 17.4 Å². The van der Waals surface area contributed by atoms with Crippen molar-refractivity contribution in [3.05, 3.63) is 71.8 Å². The highest BCUT2D eigenvalue weighted by molar-refractivity contribution is 5.17. The molecule has 6 nitrogen and oxygen atoms in total. The summed E-state index contributed by atoms with van der Waals surface area (Å²) < 4.78 is 23.1. The second-order valence-electron chi connectivity index (χ2n) is 6.50. The molecule has 2 saturated heterocycles. The number of rotatable bonds is 4. The van der Waals surface area contributed by atoms with E-state index in [9.17, 15) is 10.2 Å². The van der Waals surface area contributed by atoms with Gasteiger partial charge in [-0.05, 0) is 5.56 Å². The van der Waals surface area contributed by atoms with Gasteiger partial charge in [-0.25, -0.2) is 0 Å². The van der Waals surface area contributed by atoms with Crippen LogP contribution in [-0.2, 0) is 25.6 Å². The molecule has 2 aromatic carbocycles. The summed E-state index contributed by atoms with van der Waals surface area (Å²) >= 11 is 0. The van der Waals surface area contributed by atoms with E-state index in [-0.39, 0.29) is 13.2 Å². The molecule has 1 unspecified atom stereocenters. The molecule has 0 aromatic heterocycles. The standard InChI is InChI=1S/C20H22O6/c21-16-17(22)20(23-11-13-7-3-1-4-8-13)25-15-12-24-19(26-18(15)16)14-9-5-2-6-10-14/h1-10,15-22H,11-12H2/t15-,16+,17-,18+,19?,20-/m0/s1. The summed E-state index contributed by atoms with van der Waals surface area (Å²) in [6.07, 6.45) is -5.04. The Labute approximate surface area is 151 Å². The van der Waals surface area contributed by atoms with Crippen molar-refractivity contribution in [3.8, 4) is 0 Å². The predicted molar refractivity (Wildman–Crippen MR) is 91.9 cm³/mol. The van der Waals surface area contributed by atoms with E-state index >= 15 is 0 Å². The van der Waals surface area contributed by atoms with Gasteiger partial charge in [-0.15, -0.1) is 0 Å². The van der Waals surface area contributed by atoms with Gasteiger partial charge in [0.05, 0.1) is 13.2 Å². The highest BCUT2D eigenvalue weighted by atomic mass is 16.8. The number of hydrogen-bond donors (Lipinski definition) is 2. The molecule has 6 heteroatoms. The molecule has 2 aliphatic heterocycles. The molecule has 0 aliphatic carbocycles. The lowest BCUT2D eigenvalue weighted by atomic mass is 9.98. The normalized spacial score (nSPS) is 34.2. The molecule has 0 saturated carbocycles. The van der Waals surface area contributed by atoms with Crippen molar-refractivity contribution in [2.75, 3.05) is 6.61 Å². The van der Waals surface area contributed by atoms with Crippen LogP contribution in [0.4, 0.5) is 0 Å². The molecule has 0 amide bonds. The van der Waals surface area contributed by atoms with E-state index in [4.69, 9.17) is 18.9 Å². The first-order valence-corrected chi connectivity index (χ1v) is 8.71. The molecule has 26 heavy (non-hydrogen) atoms. The zero-order chi connectivity index (χ0) is 17.9. The Hall–Kier alpha value is -1.80. The van der Waals surface area contributed by atoms with Crippen LogP contribution in [-0.4, -0.2) is 47.5 Å². The van der Waals surface area contributed by atoms with Crippen LogP contribution in [0.2, 0.25) is 0 Å². The molecule has 2 N–H and O–H groups in total. The van der Waals surface area contributed by atoms with Crippen LogP contribution in [0, 0.1) is 0 Å². The number of benzene rings is 2. The third-order valence-electron chi connectivity index (χ3n) is 4.66. The molecule has 0 spiro atoms. The first-order valence-electron chi connectivity index (χ1n) is 8.71. The van der Waals surface area contributed by atoms with Crippen LogP contribution in [0.25, 0.3) is 0 Å². The van der Waals surface area contributed by atoms with Gasteiger partial charge in [0.25, 0.3) is 0 Å². The average molecular weight is 358 g/mol. The zero-order valence-electron chi connectivity index (χ0n) is 14.2. The van der Waals surface area contributed by atoms with E-state index in [1.165, 1.54) is 0 Å². The quantitative estimate of drug-likeness (QED) is 0.867. The van der Waals surface area contributed by atoms with E-state index in [1.807, 2.05) is 60.7 Å². The second kappa shape index (κ2) is 7.84. The smallest absolute Gasteiger partial charge is 0.187 e. The van der Waals surface area contributed by atoms with Crippen molar-refractivity contribution >= 4 is 0 Å². The lowest BCUT2D eigenvalue weighted by molar-refractivity contribution is -0.362. The lowest BCUT2D eigenvalue weighted by Gasteiger charge is -2.46. The molecule has 2 aliphatic rings. The minimum atomic E-state index is -1.20. The number of ether oxygens (including phenoxy) is 4. The average Bonchev–Trinajstić information content (AvgIpc) is 2.71. The van der Waals surface area contributed by atoms with E-state index in [1.54, 1.807) is 0 Å². The number of aliphatic hydroxyl groups is 2. The fourth-order valence-corrected chi connectivity index (χ4v) is 3.25. The first kappa shape index (κ1) is 17.6. The predicted octanol–water partition coefficient (Wildman–Crippen LogP) is 1.76. The van der Waals surface area contributed by atoms with Crippen molar-refractivity contribution in [3.63, 3.8) is 0 Å². The maximum Gasteiger partial charge on any atom is 0.187 e. The van der Waals surface area contributed by atoms with Gasteiger partial charge >= 0.3 is 0 Å². The van der Waals surface area contributed by atoms with Gasteiger partial charge in [0, 0.05) is 5.56 Å². The lowest BCUT2D eigenvalue weighted by Crippen LogP contribution is -2.62. The summed E-state index contributed by atoms with van der Waals surface area (Å²) in [7, 11) is 0.